The zero-order valence-corrected chi connectivity index (χ0v) is 11.0. The molecule has 0 radical (unpaired) electrons. The normalized spacial score (nSPS) is 11.2. The van der Waals surface area contributed by atoms with Crippen LogP contribution in [0.5, 0.6) is 0 Å². The fraction of sp³-hybridized carbons (Fsp3) is 0.308. The summed E-state index contributed by atoms with van der Waals surface area (Å²) in [5.74, 6) is 0.845. The fourth-order valence-electron chi connectivity index (χ4n) is 1.64. The Morgan fingerprint density at radius 1 is 1.33 bits per heavy atom. The molecule has 2 rings (SSSR count). The summed E-state index contributed by atoms with van der Waals surface area (Å²) in [5, 5.41) is 0. The lowest BCUT2D eigenvalue weighted by atomic mass is 10.2. The number of aromatic nitrogens is 2. The molecule has 0 unspecified atom stereocenters. The van der Waals surface area contributed by atoms with E-state index in [0.717, 1.165) is 15.0 Å². The first kappa shape index (κ1) is 13.1. The molecule has 2 nitrogen and oxygen atoms in total. The highest BCUT2D eigenvalue weighted by Crippen LogP contribution is 2.27. The first-order chi connectivity index (χ1) is 8.58. The maximum atomic E-state index is 12.6. The summed E-state index contributed by atoms with van der Waals surface area (Å²) >= 11 is 1.53. The summed E-state index contributed by atoms with van der Waals surface area (Å²) in [6.45, 7) is 1.51. The van der Waals surface area contributed by atoms with Crippen LogP contribution >= 0.6 is 11.8 Å². The van der Waals surface area contributed by atoms with Gasteiger partial charge in [-0.2, -0.15) is 8.78 Å². The second-order valence-electron chi connectivity index (χ2n) is 4.09. The maximum Gasteiger partial charge on any atom is 0.319 e. The van der Waals surface area contributed by atoms with Crippen LogP contribution in [0.2, 0.25) is 0 Å². The molecular weight excluding hydrogens is 254 g/mol. The van der Waals surface area contributed by atoms with E-state index in [1.165, 1.54) is 29.7 Å². The molecule has 0 atom stereocenters. The molecule has 0 aliphatic heterocycles. The molecule has 1 aromatic heterocycles. The van der Waals surface area contributed by atoms with Gasteiger partial charge in [0.05, 0.1) is 5.75 Å². The molecule has 0 spiro atoms. The van der Waals surface area contributed by atoms with Gasteiger partial charge in [0.2, 0.25) is 0 Å². The lowest BCUT2D eigenvalue weighted by molar-refractivity contribution is 0.0678. The number of aryl methyl sites for hydroxylation is 2. The molecule has 0 N–H and O–H groups in total. The first-order valence-corrected chi connectivity index (χ1v) is 6.56. The molecule has 0 amide bonds. The highest BCUT2D eigenvalue weighted by molar-refractivity contribution is 7.98. The van der Waals surface area contributed by atoms with E-state index in [1.807, 2.05) is 26.0 Å². The van der Waals surface area contributed by atoms with Crippen molar-refractivity contribution in [1.82, 2.24) is 9.55 Å². The Morgan fingerprint density at radius 2 is 2.11 bits per heavy atom. The molecule has 0 saturated heterocycles. The Hall–Kier alpha value is -1.36. The van der Waals surface area contributed by atoms with Crippen LogP contribution in [0.4, 0.5) is 8.78 Å². The number of alkyl halides is 2. The summed E-state index contributed by atoms with van der Waals surface area (Å²) in [5.41, 5.74) is 2.32. The molecule has 5 heteroatoms. The Balaban J connectivity index is 2.11. The first-order valence-electron chi connectivity index (χ1n) is 5.58. The molecule has 0 bridgehead atoms. The van der Waals surface area contributed by atoms with Gasteiger partial charge in [-0.3, -0.25) is 4.57 Å². The van der Waals surface area contributed by atoms with Gasteiger partial charge in [0.1, 0.15) is 5.82 Å². The largest absolute Gasteiger partial charge is 0.319 e. The van der Waals surface area contributed by atoms with Crippen molar-refractivity contribution in [2.24, 2.45) is 0 Å². The van der Waals surface area contributed by atoms with Crippen molar-refractivity contribution in [3.63, 3.8) is 0 Å². The van der Waals surface area contributed by atoms with Gasteiger partial charge < -0.3 is 0 Å². The molecule has 0 aliphatic rings. The fourth-order valence-corrected chi connectivity index (χ4v) is 2.71. The SMILES string of the molecule is Cc1ccc(C)c(SCc2nccn2C(F)F)c1. The van der Waals surface area contributed by atoms with Gasteiger partial charge >= 0.3 is 6.55 Å². The van der Waals surface area contributed by atoms with Gasteiger partial charge in [0, 0.05) is 17.3 Å². The molecular formula is C13H14F2N2S. The number of thioether (sulfide) groups is 1. The van der Waals surface area contributed by atoms with E-state index in [4.69, 9.17) is 0 Å². The van der Waals surface area contributed by atoms with E-state index in [-0.39, 0.29) is 0 Å². The highest BCUT2D eigenvalue weighted by atomic mass is 32.2. The summed E-state index contributed by atoms with van der Waals surface area (Å²) in [6.07, 6.45) is 2.72. The minimum absolute atomic E-state index is 0.399. The molecule has 0 aliphatic carbocycles. The van der Waals surface area contributed by atoms with Gasteiger partial charge in [-0.1, -0.05) is 17.7 Å². The summed E-state index contributed by atoms with van der Waals surface area (Å²) in [4.78, 5) is 5.08. The van der Waals surface area contributed by atoms with Crippen LogP contribution in [0.25, 0.3) is 0 Å². The third-order valence-corrected chi connectivity index (χ3v) is 3.81. The summed E-state index contributed by atoms with van der Waals surface area (Å²) < 4.78 is 26.2. The minimum Gasteiger partial charge on any atom is -0.277 e. The van der Waals surface area contributed by atoms with Gasteiger partial charge in [0.15, 0.2) is 0 Å². The van der Waals surface area contributed by atoms with E-state index in [0.29, 0.717) is 11.6 Å². The Labute approximate surface area is 109 Å². The minimum atomic E-state index is -2.53. The molecule has 0 saturated carbocycles. The molecule has 96 valence electrons. The Bertz CT molecular complexity index is 538. The van der Waals surface area contributed by atoms with E-state index in [1.54, 1.807) is 0 Å². The van der Waals surface area contributed by atoms with E-state index in [2.05, 4.69) is 11.1 Å². The molecule has 0 fully saturated rings. The number of imidazole rings is 1. The van der Waals surface area contributed by atoms with Crippen LogP contribution in [0.1, 0.15) is 23.5 Å². The van der Waals surface area contributed by atoms with Crippen molar-refractivity contribution in [2.75, 3.05) is 0 Å². The average molecular weight is 268 g/mol. The van der Waals surface area contributed by atoms with Gasteiger partial charge in [-0.25, -0.2) is 4.98 Å². The van der Waals surface area contributed by atoms with Gasteiger partial charge in [-0.15, -0.1) is 11.8 Å². The topological polar surface area (TPSA) is 17.8 Å². The Morgan fingerprint density at radius 3 is 2.83 bits per heavy atom. The number of hydrogen-bond donors (Lipinski definition) is 0. The van der Waals surface area contributed by atoms with Crippen LogP contribution in [0, 0.1) is 13.8 Å². The van der Waals surface area contributed by atoms with Crippen LogP contribution in [-0.2, 0) is 5.75 Å². The summed E-state index contributed by atoms with van der Waals surface area (Å²) in [6, 6.07) is 6.15. The lowest BCUT2D eigenvalue weighted by Crippen LogP contribution is -2.02. The Kier molecular flexibility index (Phi) is 4.01. The van der Waals surface area contributed by atoms with Crippen LogP contribution in [-0.4, -0.2) is 9.55 Å². The molecule has 1 aromatic carbocycles. The lowest BCUT2D eigenvalue weighted by Gasteiger charge is -2.08. The van der Waals surface area contributed by atoms with Crippen LogP contribution in [0.15, 0.2) is 35.5 Å². The van der Waals surface area contributed by atoms with E-state index in [9.17, 15) is 8.78 Å². The van der Waals surface area contributed by atoms with Gasteiger partial charge in [0.25, 0.3) is 0 Å². The van der Waals surface area contributed by atoms with Crippen molar-refractivity contribution in [3.05, 3.63) is 47.5 Å². The third-order valence-electron chi connectivity index (χ3n) is 2.66. The summed E-state index contributed by atoms with van der Waals surface area (Å²) in [7, 11) is 0. The van der Waals surface area contributed by atoms with Crippen molar-refractivity contribution < 1.29 is 8.78 Å². The predicted octanol–water partition coefficient (Wildman–Crippen LogP) is 4.19. The second kappa shape index (κ2) is 5.52. The predicted molar refractivity (Wildman–Crippen MR) is 69.0 cm³/mol. The zero-order valence-electron chi connectivity index (χ0n) is 10.2. The van der Waals surface area contributed by atoms with Crippen molar-refractivity contribution >= 4 is 11.8 Å². The number of benzene rings is 1. The standard InChI is InChI=1S/C13H14F2N2S/c1-9-3-4-10(2)11(7-9)18-8-12-16-5-6-17(12)13(14)15/h3-7,13H,8H2,1-2H3. The maximum absolute atomic E-state index is 12.6. The van der Waals surface area contributed by atoms with Crippen LogP contribution < -0.4 is 0 Å². The van der Waals surface area contributed by atoms with E-state index < -0.39 is 6.55 Å². The zero-order chi connectivity index (χ0) is 13.1. The number of halogens is 2. The van der Waals surface area contributed by atoms with Gasteiger partial charge in [-0.05, 0) is 25.5 Å². The number of hydrogen-bond acceptors (Lipinski definition) is 2. The van der Waals surface area contributed by atoms with Crippen molar-refractivity contribution in [2.45, 2.75) is 31.0 Å². The van der Waals surface area contributed by atoms with E-state index >= 15 is 0 Å². The monoisotopic (exact) mass is 268 g/mol. The highest BCUT2D eigenvalue weighted by Gasteiger charge is 2.11. The number of nitrogens with zero attached hydrogens (tertiary/aromatic N) is 2. The van der Waals surface area contributed by atoms with Crippen LogP contribution in [0.3, 0.4) is 0 Å². The second-order valence-corrected chi connectivity index (χ2v) is 5.10. The quantitative estimate of drug-likeness (QED) is 0.774. The van der Waals surface area contributed by atoms with Crippen molar-refractivity contribution in [1.29, 1.82) is 0 Å². The number of rotatable bonds is 4. The molecule has 18 heavy (non-hydrogen) atoms. The third kappa shape index (κ3) is 2.90. The molecule has 1 heterocycles. The van der Waals surface area contributed by atoms with Crippen molar-refractivity contribution in [3.8, 4) is 0 Å². The smallest absolute Gasteiger partial charge is 0.277 e. The molecule has 2 aromatic rings. The average Bonchev–Trinajstić information content (AvgIpc) is 2.79.